The van der Waals surface area contributed by atoms with Crippen LogP contribution in [0.2, 0.25) is 0 Å². The van der Waals surface area contributed by atoms with E-state index in [0.29, 0.717) is 0 Å². The molecular formula is C3Br2F4. The van der Waals surface area contributed by atoms with Gasteiger partial charge in [-0.1, -0.05) is 0 Å². The molecule has 0 aliphatic heterocycles. The molecule has 6 heteroatoms. The van der Waals surface area contributed by atoms with Crippen molar-refractivity contribution in [3.8, 4) is 0 Å². The Bertz CT molecular complexity index is 131. The molecule has 0 rings (SSSR count). The molecule has 0 saturated carbocycles. The molecule has 0 bridgehead atoms. The van der Waals surface area contributed by atoms with Gasteiger partial charge in [-0.3, -0.25) is 0 Å². The third kappa shape index (κ3) is 3.20. The first-order valence-electron chi connectivity index (χ1n) is 1.63. The van der Waals surface area contributed by atoms with Crippen LogP contribution in [-0.4, -0.2) is 6.18 Å². The Balaban J connectivity index is 4.40. The molecule has 0 aromatic heterocycles. The Labute approximate surface area is 65.2 Å². The van der Waals surface area contributed by atoms with Gasteiger partial charge < -0.3 is 0 Å². The fourth-order valence-electron chi connectivity index (χ4n) is 0.107. The molecule has 0 amide bonds. The van der Waals surface area contributed by atoms with Gasteiger partial charge in [-0.15, -0.1) is 0 Å². The van der Waals surface area contributed by atoms with Gasteiger partial charge in [0.05, 0.1) is 0 Å². The van der Waals surface area contributed by atoms with E-state index in [4.69, 9.17) is 0 Å². The zero-order valence-corrected chi connectivity index (χ0v) is 6.94. The van der Waals surface area contributed by atoms with Gasteiger partial charge in [-0.2, -0.15) is 17.6 Å². The minimum atomic E-state index is -4.65. The summed E-state index contributed by atoms with van der Waals surface area (Å²) in [5.74, 6) is 0. The van der Waals surface area contributed by atoms with Crippen molar-refractivity contribution < 1.29 is 17.6 Å². The average Bonchev–Trinajstić information content (AvgIpc) is 1.62. The van der Waals surface area contributed by atoms with E-state index < -0.39 is 15.4 Å². The Morgan fingerprint density at radius 1 is 1.11 bits per heavy atom. The monoisotopic (exact) mass is 270 g/mol. The van der Waals surface area contributed by atoms with Crippen molar-refractivity contribution in [2.75, 3.05) is 0 Å². The number of allylic oxidation sites excluding steroid dienone is 1. The van der Waals surface area contributed by atoms with Crippen LogP contribution in [0, 0.1) is 0 Å². The summed E-state index contributed by atoms with van der Waals surface area (Å²) in [5.41, 5.74) is 0. The van der Waals surface area contributed by atoms with Crippen LogP contribution in [0.1, 0.15) is 0 Å². The number of rotatable bonds is 0. The first-order chi connectivity index (χ1) is 3.85. The molecule has 0 aromatic rings. The highest BCUT2D eigenvalue weighted by Crippen LogP contribution is 2.35. The Morgan fingerprint density at radius 3 is 1.44 bits per heavy atom. The lowest BCUT2D eigenvalue weighted by molar-refractivity contribution is -0.0838. The molecule has 0 atom stereocenters. The van der Waals surface area contributed by atoms with Gasteiger partial charge in [0.2, 0.25) is 0 Å². The average molecular weight is 272 g/mol. The maximum atomic E-state index is 11.6. The van der Waals surface area contributed by atoms with Crippen LogP contribution in [0.25, 0.3) is 0 Å². The molecule has 0 unspecified atom stereocenters. The quantitative estimate of drug-likeness (QED) is 0.592. The lowest BCUT2D eigenvalue weighted by Crippen LogP contribution is -2.06. The summed E-state index contributed by atoms with van der Waals surface area (Å²) in [6.45, 7) is 0. The fourth-order valence-corrected chi connectivity index (χ4v) is 0.332. The number of hydrogen-bond acceptors (Lipinski definition) is 0. The smallest absolute Gasteiger partial charge is 0.198 e. The molecular weight excluding hydrogens is 272 g/mol. The molecule has 0 aliphatic carbocycles. The molecule has 0 spiro atoms. The van der Waals surface area contributed by atoms with Crippen LogP contribution in [0.5, 0.6) is 0 Å². The van der Waals surface area contributed by atoms with Crippen molar-refractivity contribution in [1.29, 1.82) is 0 Å². The van der Waals surface area contributed by atoms with Crippen molar-refractivity contribution in [1.82, 2.24) is 0 Å². The molecule has 0 aliphatic rings. The summed E-state index contributed by atoms with van der Waals surface area (Å²) in [6.07, 6.45) is -4.65. The highest BCUT2D eigenvalue weighted by molar-refractivity contribution is 9.14. The first kappa shape index (κ1) is 9.42. The minimum Gasteiger partial charge on any atom is -0.198 e. The second-order valence-corrected chi connectivity index (χ2v) is 2.56. The lowest BCUT2D eigenvalue weighted by atomic mass is 10.6. The second kappa shape index (κ2) is 3.01. The van der Waals surface area contributed by atoms with Crippen molar-refractivity contribution in [3.05, 3.63) is 9.22 Å². The molecule has 0 heterocycles. The molecule has 0 aromatic carbocycles. The molecule has 0 radical (unpaired) electrons. The molecule has 9 heavy (non-hydrogen) atoms. The number of halogens is 6. The van der Waals surface area contributed by atoms with E-state index in [1.165, 1.54) is 0 Å². The molecule has 0 N–H and O–H groups in total. The Kier molecular flexibility index (Phi) is 3.15. The van der Waals surface area contributed by atoms with E-state index in [2.05, 4.69) is 0 Å². The van der Waals surface area contributed by atoms with Gasteiger partial charge in [0.1, 0.15) is 4.48 Å². The Hall–Kier alpha value is 0.420. The summed E-state index contributed by atoms with van der Waals surface area (Å²) in [5, 5.41) is 0. The van der Waals surface area contributed by atoms with Crippen molar-refractivity contribution in [3.63, 3.8) is 0 Å². The number of hydrogen-bond donors (Lipinski definition) is 0. The molecule has 0 nitrogen and oxygen atoms in total. The summed E-state index contributed by atoms with van der Waals surface area (Å²) >= 11 is 4.02. The van der Waals surface area contributed by atoms with E-state index in [-0.39, 0.29) is 0 Å². The minimum absolute atomic E-state index is 1.44. The first-order valence-corrected chi connectivity index (χ1v) is 3.22. The van der Waals surface area contributed by atoms with E-state index in [1.807, 2.05) is 31.9 Å². The second-order valence-electron chi connectivity index (χ2n) is 1.07. The van der Waals surface area contributed by atoms with Gasteiger partial charge in [-0.25, -0.2) is 0 Å². The summed E-state index contributed by atoms with van der Waals surface area (Å²) in [6, 6.07) is 0. The van der Waals surface area contributed by atoms with E-state index in [9.17, 15) is 17.6 Å². The zero-order chi connectivity index (χ0) is 7.65. The van der Waals surface area contributed by atoms with E-state index in [1.54, 1.807) is 0 Å². The van der Waals surface area contributed by atoms with E-state index in [0.717, 1.165) is 0 Å². The van der Waals surface area contributed by atoms with Gasteiger partial charge in [-0.05, 0) is 31.9 Å². The van der Waals surface area contributed by atoms with Crippen molar-refractivity contribution >= 4 is 31.9 Å². The molecule has 54 valence electrons. The fraction of sp³-hybridized carbons (Fsp3) is 0.333. The van der Waals surface area contributed by atoms with Gasteiger partial charge in [0.25, 0.3) is 0 Å². The zero-order valence-electron chi connectivity index (χ0n) is 3.77. The largest absolute Gasteiger partial charge is 0.426 e. The number of alkyl halides is 3. The van der Waals surface area contributed by atoms with Crippen LogP contribution in [-0.2, 0) is 0 Å². The third-order valence-electron chi connectivity index (χ3n) is 0.415. The normalized spacial score (nSPS) is 15.3. The van der Waals surface area contributed by atoms with Crippen LogP contribution >= 0.6 is 31.9 Å². The topological polar surface area (TPSA) is 0 Å². The lowest BCUT2D eigenvalue weighted by Gasteiger charge is -2.01. The van der Waals surface area contributed by atoms with E-state index >= 15 is 0 Å². The Morgan fingerprint density at radius 2 is 1.44 bits per heavy atom. The van der Waals surface area contributed by atoms with Crippen LogP contribution in [0.3, 0.4) is 0 Å². The maximum absolute atomic E-state index is 11.6. The summed E-state index contributed by atoms with van der Waals surface area (Å²) in [7, 11) is 0. The predicted molar refractivity (Wildman–Crippen MR) is 32.0 cm³/mol. The molecule has 0 fully saturated rings. The van der Waals surface area contributed by atoms with Crippen LogP contribution in [0.15, 0.2) is 9.22 Å². The highest BCUT2D eigenvalue weighted by atomic mass is 79.9. The predicted octanol–water partition coefficient (Wildman–Crippen LogP) is 3.48. The molecule has 0 saturated heterocycles. The van der Waals surface area contributed by atoms with Crippen molar-refractivity contribution in [2.45, 2.75) is 6.18 Å². The van der Waals surface area contributed by atoms with Gasteiger partial charge >= 0.3 is 6.18 Å². The standard InChI is InChI=1S/C3Br2F4/c4-1(2(5)6)3(7,8)9. The highest BCUT2D eigenvalue weighted by Gasteiger charge is 2.34. The van der Waals surface area contributed by atoms with Crippen LogP contribution < -0.4 is 0 Å². The SMILES string of the molecule is FC(Br)=C(Br)C(F)(F)F. The summed E-state index contributed by atoms with van der Waals surface area (Å²) < 4.78 is 42.7. The van der Waals surface area contributed by atoms with Crippen molar-refractivity contribution in [2.24, 2.45) is 0 Å². The summed E-state index contributed by atoms with van der Waals surface area (Å²) in [4.78, 5) is 0. The maximum Gasteiger partial charge on any atom is 0.426 e. The van der Waals surface area contributed by atoms with Crippen LogP contribution in [0.4, 0.5) is 17.6 Å². The van der Waals surface area contributed by atoms with Gasteiger partial charge in [0, 0.05) is 0 Å². The third-order valence-corrected chi connectivity index (χ3v) is 2.14. The van der Waals surface area contributed by atoms with Gasteiger partial charge in [0.15, 0.2) is 4.74 Å².